The molecule has 1 N–H and O–H groups in total. The van der Waals surface area contributed by atoms with E-state index in [4.69, 9.17) is 9.47 Å². The maximum Gasteiger partial charge on any atom is 0.256 e. The Hall–Kier alpha value is -3.26. The van der Waals surface area contributed by atoms with Gasteiger partial charge in [0.2, 0.25) is 0 Å². The molecule has 0 radical (unpaired) electrons. The Morgan fingerprint density at radius 2 is 1.90 bits per heavy atom. The van der Waals surface area contributed by atoms with E-state index in [1.165, 1.54) is 0 Å². The lowest BCUT2D eigenvalue weighted by Gasteiger charge is -2.09. The van der Waals surface area contributed by atoms with Crippen LogP contribution < -0.4 is 14.8 Å². The highest BCUT2D eigenvalue weighted by Crippen LogP contribution is 2.34. The smallest absolute Gasteiger partial charge is 0.256 e. The lowest BCUT2D eigenvalue weighted by molar-refractivity contribution is 0.298. The molecular weight excluding hydrogens is 386 g/mol. The second-order valence-electron chi connectivity index (χ2n) is 5.58. The van der Waals surface area contributed by atoms with Gasteiger partial charge < -0.3 is 14.8 Å². The molecule has 4 aromatic rings. The van der Waals surface area contributed by atoms with Crippen LogP contribution in [0.2, 0.25) is 0 Å². The van der Waals surface area contributed by atoms with Gasteiger partial charge in [-0.3, -0.25) is 4.98 Å². The van der Waals surface area contributed by atoms with Crippen LogP contribution in [0.3, 0.4) is 0 Å². The summed E-state index contributed by atoms with van der Waals surface area (Å²) in [5.74, 6) is 1.78. The molecule has 0 spiro atoms. The number of benzene rings is 1. The summed E-state index contributed by atoms with van der Waals surface area (Å²) in [4.78, 5) is 17.2. The third kappa shape index (κ3) is 4.78. The fourth-order valence-electron chi connectivity index (χ4n) is 2.61. The van der Waals surface area contributed by atoms with Crippen molar-refractivity contribution in [2.24, 2.45) is 0 Å². The number of thiazole rings is 1. The van der Waals surface area contributed by atoms with E-state index in [9.17, 15) is 0 Å². The van der Waals surface area contributed by atoms with Crippen molar-refractivity contribution in [3.8, 4) is 22.8 Å². The monoisotopic (exact) mass is 409 g/mol. The third-order valence-corrected chi connectivity index (χ3v) is 4.77. The maximum absolute atomic E-state index is 5.49. The molecular formula is C21H23N5O2S. The van der Waals surface area contributed by atoms with Crippen LogP contribution in [0.5, 0.6) is 11.6 Å². The largest absolute Gasteiger partial charge is 0.491 e. The molecule has 0 amide bonds. The fourth-order valence-corrected chi connectivity index (χ4v) is 3.52. The summed E-state index contributed by atoms with van der Waals surface area (Å²) in [5, 5.41) is 3.95. The Morgan fingerprint density at radius 3 is 2.62 bits per heavy atom. The van der Waals surface area contributed by atoms with Gasteiger partial charge in [-0.1, -0.05) is 31.3 Å². The van der Waals surface area contributed by atoms with E-state index in [0.717, 1.165) is 26.5 Å². The summed E-state index contributed by atoms with van der Waals surface area (Å²) in [7, 11) is 1.61. The quantitative estimate of drug-likeness (QED) is 0.461. The summed E-state index contributed by atoms with van der Waals surface area (Å²) in [6, 6.07) is 8.03. The minimum Gasteiger partial charge on any atom is -0.491 e. The molecule has 0 fully saturated rings. The first-order chi connectivity index (χ1) is 14.3. The molecule has 29 heavy (non-hydrogen) atoms. The molecule has 0 saturated carbocycles. The van der Waals surface area contributed by atoms with E-state index < -0.39 is 0 Å². The number of aromatic nitrogens is 4. The molecule has 8 heteroatoms. The van der Waals surface area contributed by atoms with Crippen LogP contribution in [0.25, 0.3) is 21.3 Å². The Kier molecular flexibility index (Phi) is 6.91. The van der Waals surface area contributed by atoms with Crippen LogP contribution in [-0.2, 0) is 0 Å². The number of rotatable bonds is 6. The highest BCUT2D eigenvalue weighted by molar-refractivity contribution is 7.22. The van der Waals surface area contributed by atoms with Crippen LogP contribution >= 0.6 is 11.3 Å². The number of anilines is 2. The molecule has 1 aromatic carbocycles. The predicted molar refractivity (Wildman–Crippen MR) is 117 cm³/mol. The van der Waals surface area contributed by atoms with Crippen LogP contribution in [-0.4, -0.2) is 33.7 Å². The van der Waals surface area contributed by atoms with Gasteiger partial charge in [0.25, 0.3) is 5.88 Å². The van der Waals surface area contributed by atoms with E-state index in [1.807, 2.05) is 39.0 Å². The van der Waals surface area contributed by atoms with Crippen LogP contribution in [0.1, 0.15) is 20.8 Å². The van der Waals surface area contributed by atoms with Gasteiger partial charge in [-0.25, -0.2) is 15.0 Å². The summed E-state index contributed by atoms with van der Waals surface area (Å²) < 4.78 is 11.9. The number of hydrogen-bond donors (Lipinski definition) is 1. The maximum atomic E-state index is 5.49. The molecule has 3 heterocycles. The van der Waals surface area contributed by atoms with E-state index >= 15 is 0 Å². The van der Waals surface area contributed by atoms with Crippen LogP contribution in [0.15, 0.2) is 49.1 Å². The summed E-state index contributed by atoms with van der Waals surface area (Å²) in [6.45, 7) is 6.45. The van der Waals surface area contributed by atoms with Gasteiger partial charge in [0, 0.05) is 24.2 Å². The normalized spacial score (nSPS) is 10.2. The first-order valence-corrected chi connectivity index (χ1v) is 10.2. The van der Waals surface area contributed by atoms with E-state index in [-0.39, 0.29) is 0 Å². The lowest BCUT2D eigenvalue weighted by atomic mass is 10.1. The Morgan fingerprint density at radius 1 is 1.03 bits per heavy atom. The van der Waals surface area contributed by atoms with Crippen molar-refractivity contribution < 1.29 is 9.47 Å². The highest BCUT2D eigenvalue weighted by atomic mass is 32.1. The molecule has 0 bridgehead atoms. The molecule has 150 valence electrons. The summed E-state index contributed by atoms with van der Waals surface area (Å²) >= 11 is 1.56. The van der Waals surface area contributed by atoms with Crippen molar-refractivity contribution in [1.82, 2.24) is 19.9 Å². The number of nitrogens with one attached hydrogen (secondary N) is 1. The standard InChI is InChI=1S/C19H17N5O2S.C2H6/c1-3-26-18-15(25-2)8-13(10-22-18)12-4-5-14-16(9-12)27-19(23-14)24-17-11-20-6-7-21-17;1-2/h4-11H,3H2,1-2H3,(H,21,23,24);1-2H3. The minimum absolute atomic E-state index is 0.498. The molecule has 0 aliphatic heterocycles. The average Bonchev–Trinajstić information content (AvgIpc) is 3.17. The van der Waals surface area contributed by atoms with Crippen molar-refractivity contribution in [3.63, 3.8) is 0 Å². The summed E-state index contributed by atoms with van der Waals surface area (Å²) in [5.41, 5.74) is 2.90. The van der Waals surface area contributed by atoms with E-state index in [1.54, 1.807) is 43.2 Å². The Bertz CT molecular complexity index is 1070. The van der Waals surface area contributed by atoms with E-state index in [0.29, 0.717) is 24.1 Å². The highest BCUT2D eigenvalue weighted by Gasteiger charge is 2.11. The zero-order valence-electron chi connectivity index (χ0n) is 16.8. The number of fused-ring (bicyclic) bond motifs is 1. The Labute approximate surface area is 173 Å². The molecule has 0 atom stereocenters. The topological polar surface area (TPSA) is 82.1 Å². The van der Waals surface area contributed by atoms with Gasteiger partial charge in [-0.15, -0.1) is 0 Å². The van der Waals surface area contributed by atoms with Gasteiger partial charge in [-0.2, -0.15) is 0 Å². The number of nitrogens with zero attached hydrogens (tertiary/aromatic N) is 4. The van der Waals surface area contributed by atoms with Crippen molar-refractivity contribution >= 4 is 32.5 Å². The van der Waals surface area contributed by atoms with Gasteiger partial charge in [0.15, 0.2) is 16.7 Å². The van der Waals surface area contributed by atoms with Crippen molar-refractivity contribution in [1.29, 1.82) is 0 Å². The average molecular weight is 410 g/mol. The predicted octanol–water partition coefficient (Wildman–Crippen LogP) is 5.33. The fraction of sp³-hybridized carbons (Fsp3) is 0.238. The van der Waals surface area contributed by atoms with E-state index in [2.05, 4.69) is 31.3 Å². The molecule has 7 nitrogen and oxygen atoms in total. The van der Waals surface area contributed by atoms with Crippen LogP contribution in [0.4, 0.5) is 10.9 Å². The number of ether oxygens (including phenoxy) is 2. The first kappa shape index (κ1) is 20.5. The minimum atomic E-state index is 0.498. The number of hydrogen-bond acceptors (Lipinski definition) is 8. The number of pyridine rings is 1. The SMILES string of the molecule is CC.CCOc1ncc(-c2ccc3nc(Nc4cnccn4)sc3c2)cc1OC. The van der Waals surface area contributed by atoms with Crippen LogP contribution in [0, 0.1) is 0 Å². The third-order valence-electron chi connectivity index (χ3n) is 3.84. The van der Waals surface area contributed by atoms with Gasteiger partial charge in [0.05, 0.1) is 30.1 Å². The molecule has 3 aromatic heterocycles. The number of methoxy groups -OCH3 is 1. The molecule has 0 aliphatic carbocycles. The zero-order chi connectivity index (χ0) is 20.6. The molecule has 0 unspecified atom stereocenters. The first-order valence-electron chi connectivity index (χ1n) is 9.37. The van der Waals surface area contributed by atoms with Gasteiger partial charge in [0.1, 0.15) is 0 Å². The zero-order valence-corrected chi connectivity index (χ0v) is 17.7. The van der Waals surface area contributed by atoms with Crippen molar-refractivity contribution in [2.75, 3.05) is 19.0 Å². The summed E-state index contributed by atoms with van der Waals surface area (Å²) in [6.07, 6.45) is 6.72. The molecule has 4 rings (SSSR count). The Balaban J connectivity index is 0.00000117. The lowest BCUT2D eigenvalue weighted by Crippen LogP contribution is -1.98. The second kappa shape index (κ2) is 9.79. The molecule has 0 saturated heterocycles. The van der Waals surface area contributed by atoms with Crippen molar-refractivity contribution in [2.45, 2.75) is 20.8 Å². The van der Waals surface area contributed by atoms with Crippen molar-refractivity contribution in [3.05, 3.63) is 49.1 Å². The van der Waals surface area contributed by atoms with Gasteiger partial charge in [-0.05, 0) is 30.7 Å². The second-order valence-corrected chi connectivity index (χ2v) is 6.61. The van der Waals surface area contributed by atoms with Gasteiger partial charge >= 0.3 is 0 Å². The molecule has 0 aliphatic rings.